The van der Waals surface area contributed by atoms with Gasteiger partial charge in [-0.2, -0.15) is 0 Å². The minimum absolute atomic E-state index is 0.390. The molecule has 0 saturated carbocycles. The fraction of sp³-hybridized carbons (Fsp3) is 0.474. The van der Waals surface area contributed by atoms with E-state index in [4.69, 9.17) is 4.74 Å². The van der Waals surface area contributed by atoms with Gasteiger partial charge < -0.3 is 9.64 Å². The Hall–Kier alpha value is -2.18. The van der Waals surface area contributed by atoms with Crippen molar-refractivity contribution in [1.29, 1.82) is 0 Å². The molecule has 0 spiro atoms. The molecule has 1 aromatic carbocycles. The predicted octanol–water partition coefficient (Wildman–Crippen LogP) is 2.04. The van der Waals surface area contributed by atoms with E-state index >= 15 is 0 Å². The number of ether oxygens (including phenoxy) is 1. The van der Waals surface area contributed by atoms with Crippen molar-refractivity contribution < 1.29 is 4.74 Å². The highest BCUT2D eigenvalue weighted by molar-refractivity contribution is 5.30. The summed E-state index contributed by atoms with van der Waals surface area (Å²) in [4.78, 5) is 15.6. The van der Waals surface area contributed by atoms with Gasteiger partial charge in [-0.05, 0) is 24.7 Å². The minimum Gasteiger partial charge on any atom is -0.497 e. The van der Waals surface area contributed by atoms with Crippen LogP contribution in [0.2, 0.25) is 0 Å². The number of hydrogen-bond donors (Lipinski definition) is 0. The fourth-order valence-corrected chi connectivity index (χ4v) is 3.18. The van der Waals surface area contributed by atoms with Crippen molar-refractivity contribution in [2.45, 2.75) is 12.6 Å². The van der Waals surface area contributed by atoms with Crippen LogP contribution in [0.5, 0.6) is 5.75 Å². The van der Waals surface area contributed by atoms with Crippen LogP contribution in [-0.2, 0) is 6.54 Å². The Bertz CT molecular complexity index is 671. The third kappa shape index (κ3) is 4.27. The van der Waals surface area contributed by atoms with Crippen LogP contribution in [0.25, 0.3) is 0 Å². The molecule has 0 aliphatic carbocycles. The lowest BCUT2D eigenvalue weighted by molar-refractivity contribution is 0.0903. The Labute approximate surface area is 150 Å². The molecule has 1 saturated heterocycles. The summed E-state index contributed by atoms with van der Waals surface area (Å²) in [6, 6.07) is 8.80. The third-order valence-electron chi connectivity index (χ3n) is 4.73. The number of aromatic nitrogens is 2. The number of likely N-dealkylation sites (N-methyl/N-ethyl adjacent to an activating group) is 1. The Morgan fingerprint density at radius 2 is 1.80 bits per heavy atom. The summed E-state index contributed by atoms with van der Waals surface area (Å²) in [5.74, 6) is 1.65. The molecular formula is C19H27N5O. The lowest BCUT2D eigenvalue weighted by Gasteiger charge is -2.39. The van der Waals surface area contributed by atoms with Gasteiger partial charge in [0.2, 0.25) is 5.95 Å². The molecule has 6 nitrogen and oxygen atoms in total. The minimum atomic E-state index is 0.390. The van der Waals surface area contributed by atoms with Crippen LogP contribution in [-0.4, -0.2) is 67.7 Å². The number of rotatable bonds is 5. The SMILES string of the molecule is COc1ccc([C@H]2CN(Cc3cnc(N(C)C)nc3)CCN2C)cc1. The third-order valence-corrected chi connectivity index (χ3v) is 4.73. The summed E-state index contributed by atoms with van der Waals surface area (Å²) in [6.07, 6.45) is 3.87. The number of nitrogens with zero attached hydrogens (tertiary/aromatic N) is 5. The second kappa shape index (κ2) is 7.80. The van der Waals surface area contributed by atoms with E-state index in [2.05, 4.69) is 38.9 Å². The molecule has 0 bridgehead atoms. The number of piperazine rings is 1. The van der Waals surface area contributed by atoms with Crippen LogP contribution in [0.1, 0.15) is 17.2 Å². The zero-order valence-electron chi connectivity index (χ0n) is 15.5. The Morgan fingerprint density at radius 3 is 2.40 bits per heavy atom. The van der Waals surface area contributed by atoms with E-state index < -0.39 is 0 Å². The van der Waals surface area contributed by atoms with Gasteiger partial charge in [-0.1, -0.05) is 12.1 Å². The molecule has 0 unspecified atom stereocenters. The van der Waals surface area contributed by atoms with E-state index in [0.29, 0.717) is 6.04 Å². The zero-order chi connectivity index (χ0) is 17.8. The maximum atomic E-state index is 5.27. The molecule has 0 radical (unpaired) electrons. The molecule has 0 amide bonds. The normalized spacial score (nSPS) is 19.0. The molecular weight excluding hydrogens is 314 g/mol. The van der Waals surface area contributed by atoms with Crippen molar-refractivity contribution in [3.8, 4) is 5.75 Å². The molecule has 0 N–H and O–H groups in total. The van der Waals surface area contributed by atoms with Crippen molar-refractivity contribution in [2.24, 2.45) is 0 Å². The van der Waals surface area contributed by atoms with E-state index in [1.807, 2.05) is 43.5 Å². The van der Waals surface area contributed by atoms with Crippen LogP contribution in [0.3, 0.4) is 0 Å². The van der Waals surface area contributed by atoms with Crippen LogP contribution >= 0.6 is 0 Å². The van der Waals surface area contributed by atoms with Crippen molar-refractivity contribution in [1.82, 2.24) is 19.8 Å². The number of benzene rings is 1. The molecule has 134 valence electrons. The van der Waals surface area contributed by atoms with E-state index in [-0.39, 0.29) is 0 Å². The number of hydrogen-bond acceptors (Lipinski definition) is 6. The first-order chi connectivity index (χ1) is 12.1. The van der Waals surface area contributed by atoms with Crippen molar-refractivity contribution >= 4 is 5.95 Å². The van der Waals surface area contributed by atoms with Crippen LogP contribution in [0.4, 0.5) is 5.95 Å². The second-order valence-corrected chi connectivity index (χ2v) is 6.79. The van der Waals surface area contributed by atoms with E-state index in [0.717, 1.165) is 43.4 Å². The quantitative estimate of drug-likeness (QED) is 0.829. The van der Waals surface area contributed by atoms with Crippen LogP contribution < -0.4 is 9.64 Å². The van der Waals surface area contributed by atoms with Gasteiger partial charge in [0.25, 0.3) is 0 Å². The van der Waals surface area contributed by atoms with Gasteiger partial charge in [0.05, 0.1) is 7.11 Å². The molecule has 3 rings (SSSR count). The van der Waals surface area contributed by atoms with Gasteiger partial charge in [-0.3, -0.25) is 9.80 Å². The highest BCUT2D eigenvalue weighted by Crippen LogP contribution is 2.26. The largest absolute Gasteiger partial charge is 0.497 e. The zero-order valence-corrected chi connectivity index (χ0v) is 15.5. The van der Waals surface area contributed by atoms with E-state index in [1.165, 1.54) is 5.56 Å². The molecule has 1 aliphatic heterocycles. The van der Waals surface area contributed by atoms with Crippen molar-refractivity contribution in [3.63, 3.8) is 0 Å². The number of anilines is 1. The first-order valence-electron chi connectivity index (χ1n) is 8.61. The predicted molar refractivity (Wildman–Crippen MR) is 100 cm³/mol. The monoisotopic (exact) mass is 341 g/mol. The van der Waals surface area contributed by atoms with E-state index in [1.54, 1.807) is 7.11 Å². The highest BCUT2D eigenvalue weighted by atomic mass is 16.5. The Morgan fingerprint density at radius 1 is 1.12 bits per heavy atom. The molecule has 1 aliphatic rings. The molecule has 1 fully saturated rings. The Balaban J connectivity index is 1.67. The van der Waals surface area contributed by atoms with Crippen LogP contribution in [0, 0.1) is 0 Å². The first kappa shape index (κ1) is 17.6. The standard InChI is InChI=1S/C19H27N5O/c1-22(2)19-20-11-15(12-21-19)13-24-10-9-23(3)18(14-24)16-5-7-17(25-4)8-6-16/h5-8,11-12,18H,9-10,13-14H2,1-4H3/t18-/m1/s1. The van der Waals surface area contributed by atoms with Crippen molar-refractivity contribution in [3.05, 3.63) is 47.8 Å². The molecule has 1 atom stereocenters. The number of methoxy groups -OCH3 is 1. The maximum Gasteiger partial charge on any atom is 0.224 e. The van der Waals surface area contributed by atoms with Gasteiger partial charge in [-0.15, -0.1) is 0 Å². The molecule has 6 heteroatoms. The molecule has 25 heavy (non-hydrogen) atoms. The molecule has 1 aromatic heterocycles. The second-order valence-electron chi connectivity index (χ2n) is 6.79. The highest BCUT2D eigenvalue weighted by Gasteiger charge is 2.25. The van der Waals surface area contributed by atoms with Gasteiger partial charge in [-0.25, -0.2) is 9.97 Å². The summed E-state index contributed by atoms with van der Waals surface area (Å²) < 4.78 is 5.27. The molecule has 2 heterocycles. The topological polar surface area (TPSA) is 44.7 Å². The summed E-state index contributed by atoms with van der Waals surface area (Å²) in [7, 11) is 7.80. The molecule has 2 aromatic rings. The van der Waals surface area contributed by atoms with Crippen LogP contribution in [0.15, 0.2) is 36.7 Å². The fourth-order valence-electron chi connectivity index (χ4n) is 3.18. The average Bonchev–Trinajstić information content (AvgIpc) is 2.64. The average molecular weight is 341 g/mol. The summed E-state index contributed by atoms with van der Waals surface area (Å²) >= 11 is 0. The van der Waals surface area contributed by atoms with Crippen molar-refractivity contribution in [2.75, 3.05) is 52.8 Å². The van der Waals surface area contributed by atoms with Gasteiger partial charge >= 0.3 is 0 Å². The van der Waals surface area contributed by atoms with Gasteiger partial charge in [0.15, 0.2) is 0 Å². The van der Waals surface area contributed by atoms with Gasteiger partial charge in [0, 0.05) is 64.3 Å². The summed E-state index contributed by atoms with van der Waals surface area (Å²) in [5, 5.41) is 0. The summed E-state index contributed by atoms with van der Waals surface area (Å²) in [6.45, 7) is 3.98. The summed E-state index contributed by atoms with van der Waals surface area (Å²) in [5.41, 5.74) is 2.48. The maximum absolute atomic E-state index is 5.27. The lowest BCUT2D eigenvalue weighted by atomic mass is 10.0. The van der Waals surface area contributed by atoms with E-state index in [9.17, 15) is 0 Å². The Kier molecular flexibility index (Phi) is 5.50. The lowest BCUT2D eigenvalue weighted by Crippen LogP contribution is -2.46. The smallest absolute Gasteiger partial charge is 0.224 e. The van der Waals surface area contributed by atoms with Gasteiger partial charge in [0.1, 0.15) is 5.75 Å². The first-order valence-corrected chi connectivity index (χ1v) is 8.61.